The zero-order valence-electron chi connectivity index (χ0n) is 9.56. The summed E-state index contributed by atoms with van der Waals surface area (Å²) in [5.41, 5.74) is 4.97. The highest BCUT2D eigenvalue weighted by Crippen LogP contribution is 1.99. The molecule has 0 spiro atoms. The Labute approximate surface area is 93.6 Å². The van der Waals surface area contributed by atoms with Crippen LogP contribution in [0.25, 0.3) is 0 Å². The van der Waals surface area contributed by atoms with E-state index >= 15 is 0 Å². The van der Waals surface area contributed by atoms with Crippen LogP contribution in [0.1, 0.15) is 20.8 Å². The van der Waals surface area contributed by atoms with Gasteiger partial charge in [-0.1, -0.05) is 0 Å². The maximum Gasteiger partial charge on any atom is 0.323 e. The fourth-order valence-corrected chi connectivity index (χ4v) is 0.974. The molecule has 7 nitrogen and oxygen atoms in total. The molecule has 16 heavy (non-hydrogen) atoms. The first-order valence-corrected chi connectivity index (χ1v) is 4.84. The molecule has 0 aliphatic heterocycles. The molecule has 0 aliphatic carbocycles. The maximum absolute atomic E-state index is 11.6. The molecule has 0 bridgehead atoms. The number of hydrogen-bond donors (Lipinski definition) is 3. The summed E-state index contributed by atoms with van der Waals surface area (Å²) in [4.78, 5) is 33.9. The van der Waals surface area contributed by atoms with Gasteiger partial charge in [-0.25, -0.2) is 4.79 Å². The number of aliphatic carboxylic acids is 1. The molecule has 7 heteroatoms. The second-order valence-electron chi connectivity index (χ2n) is 3.69. The Morgan fingerprint density at radius 3 is 2.12 bits per heavy atom. The van der Waals surface area contributed by atoms with Crippen LogP contribution in [-0.4, -0.2) is 46.5 Å². The number of urea groups is 1. The van der Waals surface area contributed by atoms with E-state index in [-0.39, 0.29) is 6.04 Å². The molecule has 0 heterocycles. The van der Waals surface area contributed by atoms with Gasteiger partial charge in [0.1, 0.15) is 12.6 Å². The van der Waals surface area contributed by atoms with Gasteiger partial charge >= 0.3 is 12.0 Å². The second kappa shape index (κ2) is 5.94. The first kappa shape index (κ1) is 14.2. The Morgan fingerprint density at radius 1 is 1.31 bits per heavy atom. The molecule has 0 radical (unpaired) electrons. The largest absolute Gasteiger partial charge is 0.480 e. The number of carbonyl (C=O) groups is 3. The van der Waals surface area contributed by atoms with Gasteiger partial charge in [0, 0.05) is 6.04 Å². The summed E-state index contributed by atoms with van der Waals surface area (Å²) in [6.07, 6.45) is 0. The highest BCUT2D eigenvalue weighted by Gasteiger charge is 2.22. The second-order valence-corrected chi connectivity index (χ2v) is 3.69. The van der Waals surface area contributed by atoms with E-state index in [2.05, 4.69) is 5.32 Å². The van der Waals surface area contributed by atoms with E-state index in [0.717, 1.165) is 4.90 Å². The van der Waals surface area contributed by atoms with E-state index in [0.29, 0.717) is 0 Å². The van der Waals surface area contributed by atoms with Crippen molar-refractivity contribution in [3.8, 4) is 0 Å². The summed E-state index contributed by atoms with van der Waals surface area (Å²) in [6, 6.07) is -1.73. The Bertz CT molecular complexity index is 290. The summed E-state index contributed by atoms with van der Waals surface area (Å²) in [5.74, 6) is -1.79. The van der Waals surface area contributed by atoms with E-state index in [9.17, 15) is 14.4 Å². The zero-order valence-corrected chi connectivity index (χ0v) is 9.56. The van der Waals surface area contributed by atoms with E-state index in [1.807, 2.05) is 0 Å². The van der Waals surface area contributed by atoms with Gasteiger partial charge in [-0.05, 0) is 20.8 Å². The molecule has 0 aromatic rings. The van der Waals surface area contributed by atoms with Gasteiger partial charge in [0.15, 0.2) is 0 Å². The molecule has 1 unspecified atom stereocenters. The minimum Gasteiger partial charge on any atom is -0.480 e. The lowest BCUT2D eigenvalue weighted by atomic mass is 10.3. The van der Waals surface area contributed by atoms with Crippen molar-refractivity contribution < 1.29 is 19.5 Å². The number of nitrogens with zero attached hydrogens (tertiary/aromatic N) is 1. The monoisotopic (exact) mass is 231 g/mol. The fourth-order valence-electron chi connectivity index (χ4n) is 0.974. The van der Waals surface area contributed by atoms with Gasteiger partial charge in [0.2, 0.25) is 5.91 Å². The predicted molar refractivity (Wildman–Crippen MR) is 56.7 cm³/mol. The van der Waals surface area contributed by atoms with E-state index < -0.39 is 30.5 Å². The standard InChI is InChI=1S/C9H17N3O4/c1-5(2)12(4-7(13)14)9(16)11-6(3)8(10)15/h5-6H,4H2,1-3H3,(H2,10,15)(H,11,16)(H,13,14). The molecule has 0 saturated carbocycles. The highest BCUT2D eigenvalue weighted by atomic mass is 16.4. The van der Waals surface area contributed by atoms with Crippen LogP contribution in [0.5, 0.6) is 0 Å². The average Bonchev–Trinajstić information content (AvgIpc) is 2.12. The Morgan fingerprint density at radius 2 is 1.81 bits per heavy atom. The van der Waals surface area contributed by atoms with Crippen LogP contribution >= 0.6 is 0 Å². The Kier molecular flexibility index (Phi) is 5.27. The number of nitrogens with one attached hydrogen (secondary N) is 1. The molecule has 3 amide bonds. The fraction of sp³-hybridized carbons (Fsp3) is 0.667. The average molecular weight is 231 g/mol. The Hall–Kier alpha value is -1.79. The van der Waals surface area contributed by atoms with Gasteiger partial charge in [-0.15, -0.1) is 0 Å². The third-order valence-corrected chi connectivity index (χ3v) is 1.96. The molecule has 0 fully saturated rings. The summed E-state index contributed by atoms with van der Waals surface area (Å²) < 4.78 is 0. The van der Waals surface area contributed by atoms with Gasteiger partial charge < -0.3 is 21.1 Å². The minimum atomic E-state index is -1.12. The first-order chi connectivity index (χ1) is 7.25. The number of hydrogen-bond acceptors (Lipinski definition) is 3. The van der Waals surface area contributed by atoms with Crippen LogP contribution in [0, 0.1) is 0 Å². The van der Waals surface area contributed by atoms with Gasteiger partial charge in [0.25, 0.3) is 0 Å². The first-order valence-electron chi connectivity index (χ1n) is 4.84. The Balaban J connectivity index is 4.50. The molecule has 0 aromatic heterocycles. The van der Waals surface area contributed by atoms with E-state index in [4.69, 9.17) is 10.8 Å². The number of nitrogens with two attached hydrogens (primary N) is 1. The summed E-state index contributed by atoms with van der Waals surface area (Å²) in [6.45, 7) is 4.36. The zero-order chi connectivity index (χ0) is 12.9. The maximum atomic E-state index is 11.6. The van der Waals surface area contributed by atoms with Gasteiger partial charge in [-0.2, -0.15) is 0 Å². The van der Waals surface area contributed by atoms with Crippen molar-refractivity contribution in [2.45, 2.75) is 32.9 Å². The third-order valence-electron chi connectivity index (χ3n) is 1.96. The molecule has 0 aliphatic rings. The quantitative estimate of drug-likeness (QED) is 0.584. The summed E-state index contributed by atoms with van der Waals surface area (Å²) in [5, 5.41) is 10.9. The van der Waals surface area contributed by atoms with Gasteiger partial charge in [0.05, 0.1) is 0 Å². The van der Waals surface area contributed by atoms with Crippen molar-refractivity contribution >= 4 is 17.9 Å². The van der Waals surface area contributed by atoms with Gasteiger partial charge in [-0.3, -0.25) is 9.59 Å². The van der Waals surface area contributed by atoms with Crippen molar-refractivity contribution in [2.24, 2.45) is 5.73 Å². The molecule has 92 valence electrons. The molecule has 0 saturated heterocycles. The van der Waals surface area contributed by atoms with Crippen LogP contribution in [-0.2, 0) is 9.59 Å². The number of carboxylic acids is 1. The van der Waals surface area contributed by atoms with Crippen molar-refractivity contribution in [3.05, 3.63) is 0 Å². The SMILES string of the molecule is CC(NC(=O)N(CC(=O)O)C(C)C)C(N)=O. The highest BCUT2D eigenvalue weighted by molar-refractivity contribution is 5.87. The van der Waals surface area contributed by atoms with Crippen molar-refractivity contribution in [1.29, 1.82) is 0 Å². The molecule has 0 aromatic carbocycles. The van der Waals surface area contributed by atoms with E-state index in [1.165, 1.54) is 6.92 Å². The lowest BCUT2D eigenvalue weighted by Crippen LogP contribution is -2.51. The van der Waals surface area contributed by atoms with Crippen LogP contribution in [0.2, 0.25) is 0 Å². The smallest absolute Gasteiger partial charge is 0.323 e. The van der Waals surface area contributed by atoms with Crippen molar-refractivity contribution in [2.75, 3.05) is 6.54 Å². The number of primary amides is 1. The summed E-state index contributed by atoms with van der Waals surface area (Å²) in [7, 11) is 0. The number of rotatable bonds is 5. The van der Waals surface area contributed by atoms with Crippen LogP contribution in [0.3, 0.4) is 0 Å². The summed E-state index contributed by atoms with van der Waals surface area (Å²) >= 11 is 0. The van der Waals surface area contributed by atoms with Crippen LogP contribution in [0.4, 0.5) is 4.79 Å². The molecule has 0 rings (SSSR count). The van der Waals surface area contributed by atoms with Crippen molar-refractivity contribution in [1.82, 2.24) is 10.2 Å². The molecule has 4 N–H and O–H groups in total. The number of amides is 3. The molecular weight excluding hydrogens is 214 g/mol. The van der Waals surface area contributed by atoms with Crippen LogP contribution in [0.15, 0.2) is 0 Å². The minimum absolute atomic E-state index is 0.281. The number of carboxylic acid groups (broad SMARTS) is 1. The molecule has 1 atom stereocenters. The lowest BCUT2D eigenvalue weighted by Gasteiger charge is -2.26. The normalized spacial score (nSPS) is 12.0. The van der Waals surface area contributed by atoms with E-state index in [1.54, 1.807) is 13.8 Å². The number of carbonyl (C=O) groups excluding carboxylic acids is 2. The molecular formula is C9H17N3O4. The predicted octanol–water partition coefficient (Wildman–Crippen LogP) is -0.635. The topological polar surface area (TPSA) is 113 Å². The third kappa shape index (κ3) is 4.63. The lowest BCUT2D eigenvalue weighted by molar-refractivity contribution is -0.138. The van der Waals surface area contributed by atoms with Crippen molar-refractivity contribution in [3.63, 3.8) is 0 Å². The van der Waals surface area contributed by atoms with Crippen LogP contribution < -0.4 is 11.1 Å².